The predicted molar refractivity (Wildman–Crippen MR) is 88.7 cm³/mol. The van der Waals surface area contributed by atoms with Crippen LogP contribution in [0.3, 0.4) is 0 Å². The van der Waals surface area contributed by atoms with Gasteiger partial charge in [-0.3, -0.25) is 4.79 Å². The molecular weight excluding hydrogens is 452 g/mol. The van der Waals surface area contributed by atoms with Crippen LogP contribution in [0, 0.1) is 11.3 Å². The van der Waals surface area contributed by atoms with Crippen LogP contribution in [0.25, 0.3) is 0 Å². The molecule has 0 fully saturated rings. The molecule has 0 atom stereocenters. The van der Waals surface area contributed by atoms with Gasteiger partial charge in [-0.25, -0.2) is 0 Å². The van der Waals surface area contributed by atoms with Crippen molar-refractivity contribution in [2.75, 3.05) is 5.32 Å². The highest BCUT2D eigenvalue weighted by Crippen LogP contribution is 2.34. The van der Waals surface area contributed by atoms with Gasteiger partial charge in [0.05, 0.1) is 17.3 Å². The molecule has 0 aliphatic rings. The number of carbonyl (C=O) groups excluding carboxylic acids is 1. The SMILES string of the molecule is N#Cc1cccc(C(=O)Nc2c(Br)cc(Br)cc2Br)c1. The van der Waals surface area contributed by atoms with Crippen LogP contribution in [0.2, 0.25) is 0 Å². The second-order valence-electron chi connectivity index (χ2n) is 3.89. The molecule has 0 aliphatic carbocycles. The van der Waals surface area contributed by atoms with E-state index in [1.54, 1.807) is 24.3 Å². The van der Waals surface area contributed by atoms with E-state index in [9.17, 15) is 4.79 Å². The Morgan fingerprint density at radius 1 is 1.10 bits per heavy atom. The Morgan fingerprint density at radius 2 is 1.75 bits per heavy atom. The van der Waals surface area contributed by atoms with E-state index in [1.165, 1.54) is 0 Å². The molecule has 0 aromatic heterocycles. The van der Waals surface area contributed by atoms with E-state index in [-0.39, 0.29) is 5.91 Å². The maximum atomic E-state index is 12.2. The molecule has 0 saturated carbocycles. The Labute approximate surface area is 141 Å². The first kappa shape index (κ1) is 15.2. The van der Waals surface area contributed by atoms with Gasteiger partial charge in [-0.05, 0) is 62.2 Å². The van der Waals surface area contributed by atoms with Gasteiger partial charge in [-0.2, -0.15) is 5.26 Å². The van der Waals surface area contributed by atoms with Gasteiger partial charge in [0, 0.05) is 19.0 Å². The van der Waals surface area contributed by atoms with Crippen LogP contribution in [-0.2, 0) is 0 Å². The third kappa shape index (κ3) is 3.48. The number of carbonyl (C=O) groups is 1. The minimum atomic E-state index is -0.272. The predicted octanol–water partition coefficient (Wildman–Crippen LogP) is 5.10. The van der Waals surface area contributed by atoms with E-state index in [2.05, 4.69) is 53.1 Å². The lowest BCUT2D eigenvalue weighted by Crippen LogP contribution is -2.12. The lowest BCUT2D eigenvalue weighted by atomic mass is 10.1. The van der Waals surface area contributed by atoms with Gasteiger partial charge >= 0.3 is 0 Å². The number of anilines is 1. The maximum Gasteiger partial charge on any atom is 0.255 e. The fourth-order valence-electron chi connectivity index (χ4n) is 1.58. The third-order valence-electron chi connectivity index (χ3n) is 2.50. The van der Waals surface area contributed by atoms with E-state index in [4.69, 9.17) is 5.26 Å². The maximum absolute atomic E-state index is 12.2. The standard InChI is InChI=1S/C14H7Br3N2O/c15-10-5-11(16)13(12(17)6-10)19-14(20)9-3-1-2-8(4-9)7-18/h1-6H,(H,19,20). The number of hydrogen-bond acceptors (Lipinski definition) is 2. The van der Waals surface area contributed by atoms with Crippen molar-refractivity contribution in [3.8, 4) is 6.07 Å². The van der Waals surface area contributed by atoms with Gasteiger partial charge < -0.3 is 5.32 Å². The Balaban J connectivity index is 2.31. The summed E-state index contributed by atoms with van der Waals surface area (Å²) < 4.78 is 2.40. The van der Waals surface area contributed by atoms with Crippen LogP contribution in [0.4, 0.5) is 5.69 Å². The van der Waals surface area contributed by atoms with E-state index in [1.807, 2.05) is 18.2 Å². The molecule has 20 heavy (non-hydrogen) atoms. The minimum absolute atomic E-state index is 0.272. The zero-order valence-corrected chi connectivity index (χ0v) is 14.7. The fraction of sp³-hybridized carbons (Fsp3) is 0. The number of hydrogen-bond donors (Lipinski definition) is 1. The summed E-state index contributed by atoms with van der Waals surface area (Å²) in [5.41, 5.74) is 1.53. The summed E-state index contributed by atoms with van der Waals surface area (Å²) >= 11 is 10.2. The molecule has 0 heterocycles. The fourth-order valence-corrected chi connectivity index (χ4v) is 4.03. The van der Waals surface area contributed by atoms with Crippen molar-refractivity contribution in [1.29, 1.82) is 5.26 Å². The second kappa shape index (κ2) is 6.53. The quantitative estimate of drug-likeness (QED) is 0.680. The van der Waals surface area contributed by atoms with Crippen LogP contribution < -0.4 is 5.32 Å². The summed E-state index contributed by atoms with van der Waals surface area (Å²) in [6.45, 7) is 0. The topological polar surface area (TPSA) is 52.9 Å². The lowest BCUT2D eigenvalue weighted by Gasteiger charge is -2.10. The summed E-state index contributed by atoms with van der Waals surface area (Å²) in [5.74, 6) is -0.272. The van der Waals surface area contributed by atoms with Crippen molar-refractivity contribution >= 4 is 59.4 Å². The van der Waals surface area contributed by atoms with Gasteiger partial charge in [-0.1, -0.05) is 22.0 Å². The Bertz CT molecular complexity index is 700. The van der Waals surface area contributed by atoms with Crippen molar-refractivity contribution < 1.29 is 4.79 Å². The van der Waals surface area contributed by atoms with E-state index in [0.29, 0.717) is 16.8 Å². The van der Waals surface area contributed by atoms with Gasteiger partial charge in [0.15, 0.2) is 0 Å². The Kier molecular flexibility index (Phi) is 4.97. The second-order valence-corrected chi connectivity index (χ2v) is 6.52. The Morgan fingerprint density at radius 3 is 2.35 bits per heavy atom. The van der Waals surface area contributed by atoms with Crippen molar-refractivity contribution in [2.45, 2.75) is 0 Å². The van der Waals surface area contributed by atoms with E-state index in [0.717, 1.165) is 13.4 Å². The summed E-state index contributed by atoms with van der Waals surface area (Å²) in [6, 6.07) is 12.2. The summed E-state index contributed by atoms with van der Waals surface area (Å²) in [7, 11) is 0. The zero-order chi connectivity index (χ0) is 14.7. The highest BCUT2D eigenvalue weighted by Gasteiger charge is 2.12. The summed E-state index contributed by atoms with van der Waals surface area (Å²) in [4.78, 5) is 12.2. The van der Waals surface area contributed by atoms with Gasteiger partial charge in [0.2, 0.25) is 0 Å². The van der Waals surface area contributed by atoms with Crippen molar-refractivity contribution in [2.24, 2.45) is 0 Å². The van der Waals surface area contributed by atoms with Gasteiger partial charge in [-0.15, -0.1) is 0 Å². The lowest BCUT2D eigenvalue weighted by molar-refractivity contribution is 0.102. The van der Waals surface area contributed by atoms with Crippen molar-refractivity contribution in [1.82, 2.24) is 0 Å². The zero-order valence-electron chi connectivity index (χ0n) is 9.95. The molecule has 0 saturated heterocycles. The molecule has 0 spiro atoms. The number of nitrogens with one attached hydrogen (secondary N) is 1. The van der Waals surface area contributed by atoms with Crippen LogP contribution in [0.15, 0.2) is 49.8 Å². The molecule has 0 radical (unpaired) electrons. The number of nitrogens with zero attached hydrogens (tertiary/aromatic N) is 1. The van der Waals surface area contributed by atoms with Crippen LogP contribution in [-0.4, -0.2) is 5.91 Å². The molecule has 0 bridgehead atoms. The molecule has 1 N–H and O–H groups in total. The van der Waals surface area contributed by atoms with Crippen LogP contribution in [0.1, 0.15) is 15.9 Å². The van der Waals surface area contributed by atoms with Gasteiger partial charge in [0.25, 0.3) is 5.91 Å². The van der Waals surface area contributed by atoms with E-state index < -0.39 is 0 Å². The summed E-state index contributed by atoms with van der Waals surface area (Å²) in [6.07, 6.45) is 0. The first-order valence-corrected chi connectivity index (χ1v) is 7.85. The average Bonchev–Trinajstić information content (AvgIpc) is 2.42. The highest BCUT2D eigenvalue weighted by atomic mass is 79.9. The molecule has 0 unspecified atom stereocenters. The first-order chi connectivity index (χ1) is 9.51. The van der Waals surface area contributed by atoms with Crippen molar-refractivity contribution in [3.63, 3.8) is 0 Å². The van der Waals surface area contributed by atoms with Crippen LogP contribution >= 0.6 is 47.8 Å². The monoisotopic (exact) mass is 456 g/mol. The molecule has 1 amide bonds. The molecule has 100 valence electrons. The first-order valence-electron chi connectivity index (χ1n) is 5.47. The molecule has 0 aliphatic heterocycles. The number of halogens is 3. The normalized spacial score (nSPS) is 9.90. The molecule has 2 aromatic carbocycles. The molecule has 2 aromatic rings. The van der Waals surface area contributed by atoms with Gasteiger partial charge in [0.1, 0.15) is 0 Å². The number of amides is 1. The molecule has 6 heteroatoms. The Hall–Kier alpha value is -1.16. The molecule has 2 rings (SSSR count). The largest absolute Gasteiger partial charge is 0.320 e. The third-order valence-corrected chi connectivity index (χ3v) is 4.21. The number of rotatable bonds is 2. The van der Waals surface area contributed by atoms with Crippen molar-refractivity contribution in [3.05, 3.63) is 60.9 Å². The number of nitriles is 1. The minimum Gasteiger partial charge on any atom is -0.320 e. The highest BCUT2D eigenvalue weighted by molar-refractivity contribution is 9.11. The number of benzene rings is 2. The van der Waals surface area contributed by atoms with E-state index >= 15 is 0 Å². The van der Waals surface area contributed by atoms with Crippen LogP contribution in [0.5, 0.6) is 0 Å². The molecule has 3 nitrogen and oxygen atoms in total. The average molecular weight is 459 g/mol. The summed E-state index contributed by atoms with van der Waals surface area (Å²) in [5, 5.41) is 11.7. The smallest absolute Gasteiger partial charge is 0.255 e. The molecular formula is C14H7Br3N2O.